The van der Waals surface area contributed by atoms with Crippen molar-refractivity contribution in [2.45, 2.75) is 6.92 Å². The van der Waals surface area contributed by atoms with Crippen molar-refractivity contribution in [3.05, 3.63) is 23.4 Å². The Bertz CT molecular complexity index is 558. The van der Waals surface area contributed by atoms with Crippen molar-refractivity contribution >= 4 is 5.82 Å². The average Bonchev–Trinajstić information content (AvgIpc) is 2.95. The number of anilines is 1. The Kier molecular flexibility index (Phi) is 6.34. The van der Waals surface area contributed by atoms with E-state index in [0.29, 0.717) is 18.1 Å². The monoisotopic (exact) mass is 318 g/mol. The molecular formula is C17H26N4O2. The number of likely N-dealkylation sites (N-methyl/N-ethyl adjacent to an activating group) is 1. The quantitative estimate of drug-likeness (QED) is 0.805. The molecule has 2 atom stereocenters. The Labute approximate surface area is 138 Å². The molecule has 6 heteroatoms. The van der Waals surface area contributed by atoms with Gasteiger partial charge in [-0.1, -0.05) is 0 Å². The Morgan fingerprint density at radius 2 is 2.17 bits per heavy atom. The molecule has 1 aromatic rings. The lowest BCUT2D eigenvalue weighted by Gasteiger charge is -2.23. The van der Waals surface area contributed by atoms with Crippen LogP contribution in [0.1, 0.15) is 11.3 Å². The van der Waals surface area contributed by atoms with Crippen molar-refractivity contribution in [1.29, 1.82) is 5.26 Å². The van der Waals surface area contributed by atoms with Gasteiger partial charge < -0.3 is 19.6 Å². The highest BCUT2D eigenvalue weighted by molar-refractivity contribution is 5.55. The third-order valence-electron chi connectivity index (χ3n) is 4.47. The fraction of sp³-hybridized carbons (Fsp3) is 0.647. The van der Waals surface area contributed by atoms with Crippen molar-refractivity contribution in [3.63, 3.8) is 0 Å². The van der Waals surface area contributed by atoms with E-state index in [1.165, 1.54) is 0 Å². The number of rotatable bonds is 7. The lowest BCUT2D eigenvalue weighted by molar-refractivity contribution is 0.136. The molecule has 23 heavy (non-hydrogen) atoms. The van der Waals surface area contributed by atoms with E-state index in [4.69, 9.17) is 4.74 Å². The molecule has 1 fully saturated rings. The molecule has 2 unspecified atom stereocenters. The summed E-state index contributed by atoms with van der Waals surface area (Å²) in [5.74, 6) is 1.30. The summed E-state index contributed by atoms with van der Waals surface area (Å²) in [5, 5.41) is 19.0. The van der Waals surface area contributed by atoms with Crippen LogP contribution in [0.15, 0.2) is 12.1 Å². The van der Waals surface area contributed by atoms with Crippen molar-refractivity contribution in [2.24, 2.45) is 11.8 Å². The van der Waals surface area contributed by atoms with Gasteiger partial charge in [-0.15, -0.1) is 0 Å². The number of methoxy groups -OCH3 is 1. The third kappa shape index (κ3) is 4.41. The van der Waals surface area contributed by atoms with Crippen LogP contribution in [0.2, 0.25) is 0 Å². The van der Waals surface area contributed by atoms with Gasteiger partial charge in [0.25, 0.3) is 0 Å². The number of aliphatic hydroxyl groups excluding tert-OH is 1. The highest BCUT2D eigenvalue weighted by atomic mass is 16.5. The van der Waals surface area contributed by atoms with Gasteiger partial charge >= 0.3 is 0 Å². The first-order valence-corrected chi connectivity index (χ1v) is 8.00. The molecule has 6 nitrogen and oxygen atoms in total. The number of aliphatic hydroxyl groups is 1. The topological polar surface area (TPSA) is 72.6 Å². The van der Waals surface area contributed by atoms with Crippen LogP contribution in [-0.2, 0) is 4.74 Å². The summed E-state index contributed by atoms with van der Waals surface area (Å²) in [7, 11) is 3.77. The molecule has 0 aromatic carbocycles. The summed E-state index contributed by atoms with van der Waals surface area (Å²) in [5.41, 5.74) is 1.50. The number of hydrogen-bond donors (Lipinski definition) is 1. The van der Waals surface area contributed by atoms with E-state index >= 15 is 0 Å². The van der Waals surface area contributed by atoms with Gasteiger partial charge in [0.15, 0.2) is 0 Å². The second-order valence-corrected chi connectivity index (χ2v) is 6.30. The van der Waals surface area contributed by atoms with Crippen molar-refractivity contribution < 1.29 is 9.84 Å². The Hall–Kier alpha value is -1.68. The van der Waals surface area contributed by atoms with Crippen LogP contribution in [0.3, 0.4) is 0 Å². The van der Waals surface area contributed by atoms with E-state index < -0.39 is 0 Å². The first-order valence-electron chi connectivity index (χ1n) is 8.00. The SMILES string of the molecule is COCCN(C)CC1CN(c2nc(C)ccc2C#N)CC1CO. The fourth-order valence-electron chi connectivity index (χ4n) is 3.14. The van der Waals surface area contributed by atoms with Crippen LogP contribution in [0.25, 0.3) is 0 Å². The molecule has 1 aliphatic rings. The second-order valence-electron chi connectivity index (χ2n) is 6.30. The number of hydrogen-bond acceptors (Lipinski definition) is 6. The summed E-state index contributed by atoms with van der Waals surface area (Å²) < 4.78 is 5.12. The third-order valence-corrected chi connectivity index (χ3v) is 4.47. The molecule has 1 aromatic heterocycles. The average molecular weight is 318 g/mol. The van der Waals surface area contributed by atoms with E-state index in [9.17, 15) is 10.4 Å². The van der Waals surface area contributed by atoms with Gasteiger partial charge in [0, 0.05) is 51.5 Å². The summed E-state index contributed by atoms with van der Waals surface area (Å²) >= 11 is 0. The summed E-state index contributed by atoms with van der Waals surface area (Å²) in [6.45, 7) is 6.12. The van der Waals surface area contributed by atoms with Crippen molar-refractivity contribution in [3.8, 4) is 6.07 Å². The van der Waals surface area contributed by atoms with Gasteiger partial charge in [-0.3, -0.25) is 0 Å². The van der Waals surface area contributed by atoms with Crippen LogP contribution in [0, 0.1) is 30.1 Å². The zero-order valence-electron chi connectivity index (χ0n) is 14.2. The van der Waals surface area contributed by atoms with E-state index in [-0.39, 0.29) is 12.5 Å². The van der Waals surface area contributed by atoms with E-state index in [1.807, 2.05) is 19.1 Å². The molecule has 1 aliphatic heterocycles. The van der Waals surface area contributed by atoms with Crippen LogP contribution in [0.5, 0.6) is 0 Å². The van der Waals surface area contributed by atoms with Crippen LogP contribution in [-0.4, -0.2) is 68.5 Å². The van der Waals surface area contributed by atoms with Gasteiger partial charge in [0.1, 0.15) is 11.9 Å². The van der Waals surface area contributed by atoms with Gasteiger partial charge in [0.2, 0.25) is 0 Å². The second kappa shape index (κ2) is 8.25. The number of ether oxygens (including phenoxy) is 1. The van der Waals surface area contributed by atoms with E-state index in [0.717, 1.165) is 37.7 Å². The lowest BCUT2D eigenvalue weighted by atomic mass is 9.96. The number of nitrogens with zero attached hydrogens (tertiary/aromatic N) is 4. The summed E-state index contributed by atoms with van der Waals surface area (Å²) in [4.78, 5) is 8.92. The molecule has 1 saturated heterocycles. The predicted octanol–water partition coefficient (Wildman–Crippen LogP) is 0.885. The molecule has 2 rings (SSSR count). The van der Waals surface area contributed by atoms with Crippen molar-refractivity contribution in [1.82, 2.24) is 9.88 Å². The van der Waals surface area contributed by atoms with Crippen LogP contribution >= 0.6 is 0 Å². The molecule has 2 heterocycles. The predicted molar refractivity (Wildman–Crippen MR) is 89.3 cm³/mol. The Morgan fingerprint density at radius 3 is 2.83 bits per heavy atom. The number of nitriles is 1. The van der Waals surface area contributed by atoms with E-state index in [2.05, 4.69) is 27.9 Å². The highest BCUT2D eigenvalue weighted by Gasteiger charge is 2.34. The minimum Gasteiger partial charge on any atom is -0.396 e. The maximum absolute atomic E-state index is 9.72. The van der Waals surface area contributed by atoms with Crippen molar-refractivity contribution in [2.75, 3.05) is 58.5 Å². The van der Waals surface area contributed by atoms with E-state index in [1.54, 1.807) is 7.11 Å². The molecule has 0 spiro atoms. The lowest BCUT2D eigenvalue weighted by Crippen LogP contribution is -2.33. The van der Waals surface area contributed by atoms with Crippen LogP contribution < -0.4 is 4.90 Å². The normalized spacial score (nSPS) is 21.0. The van der Waals surface area contributed by atoms with Crippen LogP contribution in [0.4, 0.5) is 5.82 Å². The molecule has 0 radical (unpaired) electrons. The molecular weight excluding hydrogens is 292 g/mol. The number of aryl methyl sites for hydroxylation is 1. The Morgan fingerprint density at radius 1 is 1.43 bits per heavy atom. The first kappa shape index (κ1) is 17.7. The molecule has 0 amide bonds. The summed E-state index contributed by atoms with van der Waals surface area (Å²) in [6, 6.07) is 5.90. The minimum atomic E-state index is 0.160. The van der Waals surface area contributed by atoms with Gasteiger partial charge in [-0.25, -0.2) is 4.98 Å². The number of aromatic nitrogens is 1. The largest absolute Gasteiger partial charge is 0.396 e. The molecule has 1 N–H and O–H groups in total. The maximum atomic E-state index is 9.72. The summed E-state index contributed by atoms with van der Waals surface area (Å²) in [6.07, 6.45) is 0. The standard InChI is InChI=1S/C17H26N4O2/c1-13-4-5-14(8-18)17(19-13)21-10-15(16(11-21)12-22)9-20(2)6-7-23-3/h4-5,15-16,22H,6-7,9-12H2,1-3H3. The zero-order valence-corrected chi connectivity index (χ0v) is 14.2. The molecule has 0 saturated carbocycles. The zero-order chi connectivity index (χ0) is 16.8. The first-order chi connectivity index (χ1) is 11.1. The fourth-order valence-corrected chi connectivity index (χ4v) is 3.14. The van der Waals surface area contributed by atoms with Gasteiger partial charge in [0.05, 0.1) is 12.2 Å². The molecule has 126 valence electrons. The molecule has 0 bridgehead atoms. The number of pyridine rings is 1. The van der Waals surface area contributed by atoms with Gasteiger partial charge in [-0.05, 0) is 32.0 Å². The Balaban J connectivity index is 2.09. The highest BCUT2D eigenvalue weighted by Crippen LogP contribution is 2.29. The minimum absolute atomic E-state index is 0.160. The maximum Gasteiger partial charge on any atom is 0.146 e. The molecule has 0 aliphatic carbocycles. The smallest absolute Gasteiger partial charge is 0.146 e. The van der Waals surface area contributed by atoms with Gasteiger partial charge in [-0.2, -0.15) is 5.26 Å².